The molecule has 8 nitrogen and oxygen atoms in total. The summed E-state index contributed by atoms with van der Waals surface area (Å²) in [5.74, 6) is 0. The molecule has 0 bridgehead atoms. The molecule has 0 amide bonds. The van der Waals surface area contributed by atoms with Gasteiger partial charge in [0.05, 0.1) is 26.4 Å². The van der Waals surface area contributed by atoms with Crippen molar-refractivity contribution in [3.8, 4) is 0 Å². The maximum Gasteiger partial charge on any atom is 0.0819 e. The Balaban J connectivity index is -0.0000000500. The predicted octanol–water partition coefficient (Wildman–Crippen LogP) is 5.10. The molecule has 0 saturated carbocycles. The molecular formula is C16H40O8Ti2. The normalized spacial score (nSPS) is 8.31. The Labute approximate surface area is 189 Å². The largest absolute Gasteiger partial charge is 0.252 e. The quantitative estimate of drug-likeness (QED) is 0.139. The Morgan fingerprint density at radius 1 is 0.423 bits per heavy atom. The topological polar surface area (TPSA) is 118 Å². The van der Waals surface area contributed by atoms with E-state index in [1.165, 1.54) is 0 Å². The van der Waals surface area contributed by atoms with Crippen LogP contribution in [0.15, 0.2) is 0 Å². The predicted molar refractivity (Wildman–Crippen MR) is 94.0 cm³/mol. The summed E-state index contributed by atoms with van der Waals surface area (Å²) in [5.41, 5.74) is 0. The Morgan fingerprint density at radius 3 is 0.615 bits per heavy atom. The van der Waals surface area contributed by atoms with E-state index in [9.17, 15) is 0 Å². The van der Waals surface area contributed by atoms with Gasteiger partial charge in [0.25, 0.3) is 0 Å². The Kier molecular flexibility index (Phi) is 89.7. The summed E-state index contributed by atoms with van der Waals surface area (Å²) < 4.78 is 0. The molecular weight excluding hydrogens is 416 g/mol. The van der Waals surface area contributed by atoms with Gasteiger partial charge in [-0.1, -0.05) is 53.4 Å². The van der Waals surface area contributed by atoms with E-state index < -0.39 is 0 Å². The van der Waals surface area contributed by atoms with Crippen molar-refractivity contribution in [2.75, 3.05) is 26.4 Å². The van der Waals surface area contributed by atoms with Gasteiger partial charge in [-0.2, -0.15) is 0 Å². The van der Waals surface area contributed by atoms with E-state index in [0.717, 1.165) is 51.4 Å². The number of hydrogen-bond acceptors (Lipinski definition) is 8. The summed E-state index contributed by atoms with van der Waals surface area (Å²) in [5, 5.41) is 30.8. The second-order valence-electron chi connectivity index (χ2n) is 4.75. The first-order valence-corrected chi connectivity index (χ1v) is 8.71. The number of hydrogen-bond donors (Lipinski definition) is 4. The van der Waals surface area contributed by atoms with E-state index >= 15 is 0 Å². The van der Waals surface area contributed by atoms with Gasteiger partial charge in [-0.25, -0.2) is 19.6 Å². The van der Waals surface area contributed by atoms with Crippen LogP contribution < -0.4 is 0 Å². The van der Waals surface area contributed by atoms with Crippen molar-refractivity contribution >= 4 is 0 Å². The van der Waals surface area contributed by atoms with Gasteiger partial charge >= 0.3 is 0 Å². The molecule has 0 aromatic carbocycles. The zero-order valence-corrected chi connectivity index (χ0v) is 20.0. The smallest absolute Gasteiger partial charge is 0.0819 e. The minimum Gasteiger partial charge on any atom is -0.252 e. The fourth-order valence-electron chi connectivity index (χ4n) is 0.836. The van der Waals surface area contributed by atoms with Crippen molar-refractivity contribution in [1.29, 1.82) is 0 Å². The molecule has 0 aliphatic heterocycles. The van der Waals surface area contributed by atoms with Crippen LogP contribution in [0.25, 0.3) is 0 Å². The molecule has 160 valence electrons. The first kappa shape index (κ1) is 41.5. The van der Waals surface area contributed by atoms with E-state index in [0.29, 0.717) is 26.4 Å². The van der Waals surface area contributed by atoms with Crippen molar-refractivity contribution in [2.45, 2.75) is 79.1 Å². The van der Waals surface area contributed by atoms with Crippen LogP contribution in [0.4, 0.5) is 0 Å². The Hall–Kier alpha value is 1.11. The molecule has 0 radical (unpaired) electrons. The van der Waals surface area contributed by atoms with Crippen LogP contribution in [-0.4, -0.2) is 47.5 Å². The summed E-state index contributed by atoms with van der Waals surface area (Å²) in [6.45, 7) is 10.0. The molecule has 0 fully saturated rings. The average molecular weight is 456 g/mol. The van der Waals surface area contributed by atoms with Gasteiger partial charge in [-0.15, -0.1) is 0 Å². The second-order valence-corrected chi connectivity index (χ2v) is 4.75. The molecule has 0 saturated heterocycles. The van der Waals surface area contributed by atoms with Crippen LogP contribution >= 0.6 is 0 Å². The standard InChI is InChI=1S/4C4H10O2.2Ti/c4*1-2-3-4-6-5;;/h4*5H,2-4H2,1H3;;. The van der Waals surface area contributed by atoms with Crippen LogP contribution in [0.3, 0.4) is 0 Å². The molecule has 10 heteroatoms. The zero-order valence-electron chi connectivity index (χ0n) is 16.9. The van der Waals surface area contributed by atoms with E-state index in [2.05, 4.69) is 19.6 Å². The molecule has 0 atom stereocenters. The van der Waals surface area contributed by atoms with Gasteiger partial charge in [0.2, 0.25) is 0 Å². The first-order chi connectivity index (χ1) is 11.7. The van der Waals surface area contributed by atoms with Gasteiger partial charge in [0.1, 0.15) is 0 Å². The van der Waals surface area contributed by atoms with Crippen molar-refractivity contribution in [1.82, 2.24) is 0 Å². The average Bonchev–Trinajstić information content (AvgIpc) is 2.62. The molecule has 0 spiro atoms. The third kappa shape index (κ3) is 84.9. The maximum absolute atomic E-state index is 7.70. The molecule has 26 heavy (non-hydrogen) atoms. The summed E-state index contributed by atoms with van der Waals surface area (Å²) >= 11 is 0. The van der Waals surface area contributed by atoms with Gasteiger partial charge in [0, 0.05) is 43.4 Å². The first-order valence-electron chi connectivity index (χ1n) is 8.71. The van der Waals surface area contributed by atoms with E-state index in [4.69, 9.17) is 21.0 Å². The summed E-state index contributed by atoms with van der Waals surface area (Å²) in [6.07, 6.45) is 8.04. The van der Waals surface area contributed by atoms with Gasteiger partial charge in [-0.05, 0) is 25.7 Å². The van der Waals surface area contributed by atoms with Gasteiger partial charge in [0.15, 0.2) is 0 Å². The summed E-state index contributed by atoms with van der Waals surface area (Å²) in [7, 11) is 0. The minimum absolute atomic E-state index is 0. The number of unbranched alkanes of at least 4 members (excludes halogenated alkanes) is 4. The third-order valence-electron chi connectivity index (χ3n) is 2.36. The van der Waals surface area contributed by atoms with Crippen LogP contribution in [0.2, 0.25) is 0 Å². The SMILES string of the molecule is CCCCOO.CCCCOO.CCCCOO.CCCCOO.[Ti].[Ti]. The molecule has 0 aliphatic carbocycles. The fraction of sp³-hybridized carbons (Fsp3) is 1.00. The molecule has 4 N–H and O–H groups in total. The Bertz CT molecular complexity index is 112. The molecule has 0 aromatic heterocycles. The molecule has 0 rings (SSSR count). The van der Waals surface area contributed by atoms with Crippen LogP contribution in [0.5, 0.6) is 0 Å². The fourth-order valence-corrected chi connectivity index (χ4v) is 0.836. The second kappa shape index (κ2) is 56.2. The van der Waals surface area contributed by atoms with Gasteiger partial charge < -0.3 is 0 Å². The van der Waals surface area contributed by atoms with Crippen LogP contribution in [-0.2, 0) is 63.0 Å². The van der Waals surface area contributed by atoms with E-state index in [1.54, 1.807) is 0 Å². The molecule has 0 heterocycles. The molecule has 0 unspecified atom stereocenters. The van der Waals surface area contributed by atoms with E-state index in [-0.39, 0.29) is 43.4 Å². The summed E-state index contributed by atoms with van der Waals surface area (Å²) in [4.78, 5) is 15.1. The van der Waals surface area contributed by atoms with Crippen molar-refractivity contribution in [2.24, 2.45) is 0 Å². The van der Waals surface area contributed by atoms with Crippen LogP contribution in [0.1, 0.15) is 79.1 Å². The van der Waals surface area contributed by atoms with Gasteiger partial charge in [-0.3, -0.25) is 21.0 Å². The van der Waals surface area contributed by atoms with Crippen molar-refractivity contribution in [3.63, 3.8) is 0 Å². The monoisotopic (exact) mass is 456 g/mol. The Morgan fingerprint density at radius 2 is 0.577 bits per heavy atom. The minimum atomic E-state index is 0. The molecule has 0 aliphatic rings. The number of rotatable bonds is 12. The maximum atomic E-state index is 7.70. The van der Waals surface area contributed by atoms with Crippen molar-refractivity contribution < 1.29 is 84.0 Å². The molecule has 0 aromatic rings. The van der Waals surface area contributed by atoms with E-state index in [1.807, 2.05) is 27.7 Å². The van der Waals surface area contributed by atoms with Crippen molar-refractivity contribution in [3.05, 3.63) is 0 Å². The third-order valence-corrected chi connectivity index (χ3v) is 2.36. The summed E-state index contributed by atoms with van der Waals surface area (Å²) in [6, 6.07) is 0. The zero-order chi connectivity index (χ0) is 19.3. The van der Waals surface area contributed by atoms with Crippen LogP contribution in [0, 0.1) is 0 Å².